The number of aliphatic hydroxyl groups excluding tert-OH is 1. The highest BCUT2D eigenvalue weighted by Gasteiger charge is 2.22. The van der Waals surface area contributed by atoms with Crippen molar-refractivity contribution < 1.29 is 9.90 Å². The molecule has 1 aliphatic heterocycles. The molecule has 4 rings (SSSR count). The normalized spacial score (nSPS) is 18.3. The Bertz CT molecular complexity index is 1010. The summed E-state index contributed by atoms with van der Waals surface area (Å²) in [5, 5.41) is 15.8. The Morgan fingerprint density at radius 1 is 1.19 bits per heavy atom. The minimum Gasteiger partial charge on any atom is -0.386 e. The van der Waals surface area contributed by atoms with E-state index >= 15 is 0 Å². The summed E-state index contributed by atoms with van der Waals surface area (Å²) in [6.45, 7) is 0.159. The quantitative estimate of drug-likeness (QED) is 0.621. The summed E-state index contributed by atoms with van der Waals surface area (Å²) < 4.78 is 1.07. The van der Waals surface area contributed by atoms with E-state index in [9.17, 15) is 9.90 Å². The Morgan fingerprint density at radius 3 is 2.88 bits per heavy atom. The SMILES string of the molecule is O=C1NC(=NC[C@@H](O)c2ccccc2)N/C1=C\c1ccc2ncsc2c1. The molecule has 2 heterocycles. The summed E-state index contributed by atoms with van der Waals surface area (Å²) in [4.78, 5) is 20.6. The van der Waals surface area contributed by atoms with Gasteiger partial charge in [-0.05, 0) is 29.3 Å². The van der Waals surface area contributed by atoms with Gasteiger partial charge in [0.2, 0.25) is 5.96 Å². The zero-order chi connectivity index (χ0) is 17.9. The van der Waals surface area contributed by atoms with Crippen molar-refractivity contribution in [2.45, 2.75) is 6.10 Å². The number of aliphatic imine (C=N–C) groups is 1. The second-order valence-electron chi connectivity index (χ2n) is 5.83. The van der Waals surface area contributed by atoms with E-state index in [1.807, 2.05) is 48.5 Å². The number of benzene rings is 2. The monoisotopic (exact) mass is 364 g/mol. The first kappa shape index (κ1) is 16.4. The van der Waals surface area contributed by atoms with Crippen LogP contribution in [0.4, 0.5) is 0 Å². The Kier molecular flexibility index (Phi) is 4.47. The van der Waals surface area contributed by atoms with Gasteiger partial charge in [0.15, 0.2) is 0 Å². The number of rotatable bonds is 4. The van der Waals surface area contributed by atoms with E-state index in [0.717, 1.165) is 21.3 Å². The van der Waals surface area contributed by atoms with Crippen molar-refractivity contribution in [2.24, 2.45) is 4.99 Å². The summed E-state index contributed by atoms with van der Waals surface area (Å²) in [5.41, 5.74) is 4.85. The van der Waals surface area contributed by atoms with Crippen LogP contribution in [0.25, 0.3) is 16.3 Å². The number of aliphatic hydroxyl groups is 1. The summed E-state index contributed by atoms with van der Waals surface area (Å²) in [6, 6.07) is 15.1. The standard InChI is InChI=1S/C19H16N4O2S/c24-16(13-4-2-1-3-5-13)10-20-19-22-15(18(25)23-19)8-12-6-7-14-17(9-12)26-11-21-14/h1-9,11,16,24H,10H2,(H2,20,22,23,25)/b15-8-/t16-/m1/s1. The van der Waals surface area contributed by atoms with Crippen LogP contribution in [0.5, 0.6) is 0 Å². The Labute approximate surface area is 153 Å². The van der Waals surface area contributed by atoms with Crippen molar-refractivity contribution in [1.29, 1.82) is 0 Å². The number of guanidine groups is 1. The molecule has 1 fully saturated rings. The predicted octanol–water partition coefficient (Wildman–Crippen LogP) is 2.45. The highest BCUT2D eigenvalue weighted by atomic mass is 32.1. The van der Waals surface area contributed by atoms with Gasteiger partial charge in [-0.3, -0.25) is 10.1 Å². The molecule has 7 heteroatoms. The number of nitrogens with zero attached hydrogens (tertiary/aromatic N) is 2. The highest BCUT2D eigenvalue weighted by molar-refractivity contribution is 7.16. The van der Waals surface area contributed by atoms with E-state index in [-0.39, 0.29) is 12.5 Å². The minimum atomic E-state index is -0.718. The van der Waals surface area contributed by atoms with Gasteiger partial charge in [-0.25, -0.2) is 9.98 Å². The van der Waals surface area contributed by atoms with E-state index < -0.39 is 6.10 Å². The maximum atomic E-state index is 12.1. The maximum Gasteiger partial charge on any atom is 0.274 e. The Hall–Kier alpha value is -3.03. The van der Waals surface area contributed by atoms with Gasteiger partial charge in [0.05, 0.1) is 28.4 Å². The molecule has 1 saturated heterocycles. The molecule has 0 spiro atoms. The third-order valence-corrected chi connectivity index (χ3v) is 4.79. The molecule has 0 unspecified atom stereocenters. The lowest BCUT2D eigenvalue weighted by atomic mass is 10.1. The number of thiazole rings is 1. The largest absolute Gasteiger partial charge is 0.386 e. The third-order valence-electron chi connectivity index (χ3n) is 4.00. The zero-order valence-electron chi connectivity index (χ0n) is 13.7. The first-order valence-electron chi connectivity index (χ1n) is 8.10. The molecular formula is C19H16N4O2S. The van der Waals surface area contributed by atoms with Gasteiger partial charge in [0.25, 0.3) is 5.91 Å². The van der Waals surface area contributed by atoms with E-state index in [4.69, 9.17) is 0 Å². The molecule has 2 aromatic carbocycles. The summed E-state index contributed by atoms with van der Waals surface area (Å²) >= 11 is 1.56. The molecule has 130 valence electrons. The fourth-order valence-corrected chi connectivity index (χ4v) is 3.38. The topological polar surface area (TPSA) is 86.6 Å². The lowest BCUT2D eigenvalue weighted by molar-refractivity contribution is -0.115. The number of aromatic nitrogens is 1. The lowest BCUT2D eigenvalue weighted by Gasteiger charge is -2.08. The predicted molar refractivity (Wildman–Crippen MR) is 103 cm³/mol. The van der Waals surface area contributed by atoms with E-state index in [2.05, 4.69) is 20.6 Å². The summed E-state index contributed by atoms with van der Waals surface area (Å²) in [6.07, 6.45) is 1.05. The number of fused-ring (bicyclic) bond motifs is 1. The molecule has 26 heavy (non-hydrogen) atoms. The maximum absolute atomic E-state index is 12.1. The smallest absolute Gasteiger partial charge is 0.274 e. The molecule has 1 atom stereocenters. The molecular weight excluding hydrogens is 348 g/mol. The van der Waals surface area contributed by atoms with Crippen LogP contribution in [0.3, 0.4) is 0 Å². The summed E-state index contributed by atoms with van der Waals surface area (Å²) in [5.74, 6) is 0.0949. The van der Waals surface area contributed by atoms with Crippen molar-refractivity contribution >= 4 is 39.5 Å². The number of nitrogens with one attached hydrogen (secondary N) is 2. The van der Waals surface area contributed by atoms with Crippen LogP contribution in [0.15, 0.2) is 64.7 Å². The van der Waals surface area contributed by atoms with E-state index in [1.165, 1.54) is 0 Å². The Morgan fingerprint density at radius 2 is 2.04 bits per heavy atom. The number of carbonyl (C=O) groups is 1. The van der Waals surface area contributed by atoms with Crippen LogP contribution >= 0.6 is 11.3 Å². The molecule has 0 saturated carbocycles. The Balaban J connectivity index is 1.47. The second kappa shape index (κ2) is 7.07. The molecule has 6 nitrogen and oxygen atoms in total. The second-order valence-corrected chi connectivity index (χ2v) is 6.72. The van der Waals surface area contributed by atoms with Crippen molar-refractivity contribution in [2.75, 3.05) is 6.54 Å². The molecule has 0 aliphatic carbocycles. The molecule has 0 radical (unpaired) electrons. The zero-order valence-corrected chi connectivity index (χ0v) is 14.5. The van der Waals surface area contributed by atoms with Crippen LogP contribution in [-0.4, -0.2) is 28.5 Å². The van der Waals surface area contributed by atoms with Gasteiger partial charge in [0.1, 0.15) is 5.70 Å². The average Bonchev–Trinajstić information content (AvgIpc) is 3.27. The average molecular weight is 364 g/mol. The van der Waals surface area contributed by atoms with Crippen molar-refractivity contribution in [3.63, 3.8) is 0 Å². The lowest BCUT2D eigenvalue weighted by Crippen LogP contribution is -2.26. The van der Waals surface area contributed by atoms with Crippen molar-refractivity contribution in [3.05, 3.63) is 70.9 Å². The molecule has 3 aromatic rings. The van der Waals surface area contributed by atoms with Gasteiger partial charge < -0.3 is 10.4 Å². The fourth-order valence-electron chi connectivity index (χ4n) is 2.66. The van der Waals surface area contributed by atoms with Gasteiger partial charge >= 0.3 is 0 Å². The molecule has 0 bridgehead atoms. The van der Waals surface area contributed by atoms with Gasteiger partial charge in [-0.1, -0.05) is 36.4 Å². The van der Waals surface area contributed by atoms with Crippen LogP contribution in [-0.2, 0) is 4.79 Å². The van der Waals surface area contributed by atoms with E-state index in [1.54, 1.807) is 22.9 Å². The molecule has 1 aromatic heterocycles. The minimum absolute atomic E-state index is 0.159. The van der Waals surface area contributed by atoms with Crippen molar-refractivity contribution in [3.8, 4) is 0 Å². The molecule has 1 aliphatic rings. The third kappa shape index (κ3) is 3.49. The van der Waals surface area contributed by atoms with Gasteiger partial charge in [0, 0.05) is 0 Å². The van der Waals surface area contributed by atoms with Gasteiger partial charge in [-0.2, -0.15) is 0 Å². The number of hydrogen-bond donors (Lipinski definition) is 3. The first-order valence-corrected chi connectivity index (χ1v) is 8.98. The summed E-state index contributed by atoms with van der Waals surface area (Å²) in [7, 11) is 0. The fraction of sp³-hybridized carbons (Fsp3) is 0.105. The van der Waals surface area contributed by atoms with Crippen molar-refractivity contribution in [1.82, 2.24) is 15.6 Å². The molecule has 1 amide bonds. The van der Waals surface area contributed by atoms with Crippen LogP contribution in [0.1, 0.15) is 17.2 Å². The van der Waals surface area contributed by atoms with Crippen LogP contribution in [0.2, 0.25) is 0 Å². The first-order chi connectivity index (χ1) is 12.7. The molecule has 3 N–H and O–H groups in total. The van der Waals surface area contributed by atoms with Crippen LogP contribution in [0, 0.1) is 0 Å². The van der Waals surface area contributed by atoms with Gasteiger partial charge in [-0.15, -0.1) is 11.3 Å². The number of amides is 1. The highest BCUT2D eigenvalue weighted by Crippen LogP contribution is 2.20. The number of hydrogen-bond acceptors (Lipinski definition) is 5. The van der Waals surface area contributed by atoms with Crippen LogP contribution < -0.4 is 10.6 Å². The van der Waals surface area contributed by atoms with E-state index in [0.29, 0.717) is 11.7 Å². The number of carbonyl (C=O) groups excluding carboxylic acids is 1.